The van der Waals surface area contributed by atoms with Crippen LogP contribution in [0.1, 0.15) is 39.0 Å². The maximum atomic E-state index is 11.7. The minimum Gasteiger partial charge on any atom is -0.381 e. The molecule has 1 aliphatic heterocycles. The quantitative estimate of drug-likeness (QED) is 0.737. The van der Waals surface area contributed by atoms with Crippen LogP contribution < -0.4 is 5.32 Å². The molecule has 2 unspecified atom stereocenters. The van der Waals surface area contributed by atoms with E-state index in [-0.39, 0.29) is 5.91 Å². The minimum absolute atomic E-state index is 0.0728. The molecular weight excluding hydrogens is 226 g/mol. The van der Waals surface area contributed by atoms with Crippen LogP contribution in [-0.4, -0.2) is 25.7 Å². The molecule has 0 aromatic rings. The first-order valence-corrected chi connectivity index (χ1v) is 7.33. The molecule has 1 N–H and O–H groups in total. The Bertz CT molecular complexity index is 295. The summed E-state index contributed by atoms with van der Waals surface area (Å²) in [6, 6.07) is 0. The van der Waals surface area contributed by atoms with Crippen molar-refractivity contribution < 1.29 is 9.53 Å². The molecule has 0 aromatic heterocycles. The minimum atomic E-state index is 0.0728. The number of allylic oxidation sites excluding steroid dienone is 1. The number of carbonyl (C=O) groups excluding carboxylic acids is 1. The van der Waals surface area contributed by atoms with E-state index in [1.54, 1.807) is 6.08 Å². The van der Waals surface area contributed by atoms with E-state index in [0.717, 1.165) is 38.5 Å². The SMILES string of the molecule is CCCC1CC1/C=C/C(=O)NCC1CCOCC1. The van der Waals surface area contributed by atoms with Gasteiger partial charge < -0.3 is 10.1 Å². The molecule has 0 aromatic carbocycles. The number of ether oxygens (including phenoxy) is 1. The molecule has 3 nitrogen and oxygen atoms in total. The van der Waals surface area contributed by atoms with Crippen LogP contribution in [-0.2, 0) is 9.53 Å². The van der Waals surface area contributed by atoms with Gasteiger partial charge in [-0.15, -0.1) is 0 Å². The van der Waals surface area contributed by atoms with Crippen LogP contribution >= 0.6 is 0 Å². The highest BCUT2D eigenvalue weighted by Gasteiger charge is 2.33. The molecule has 1 saturated heterocycles. The van der Waals surface area contributed by atoms with Crippen molar-refractivity contribution in [2.45, 2.75) is 39.0 Å². The summed E-state index contributed by atoms with van der Waals surface area (Å²) in [5, 5.41) is 3.00. The van der Waals surface area contributed by atoms with Crippen molar-refractivity contribution in [3.05, 3.63) is 12.2 Å². The maximum Gasteiger partial charge on any atom is 0.243 e. The number of hydrogen-bond acceptors (Lipinski definition) is 2. The van der Waals surface area contributed by atoms with Crippen molar-refractivity contribution >= 4 is 5.91 Å². The van der Waals surface area contributed by atoms with Gasteiger partial charge in [-0.2, -0.15) is 0 Å². The molecular formula is C15H25NO2. The molecule has 1 aliphatic carbocycles. The number of carbonyl (C=O) groups is 1. The monoisotopic (exact) mass is 251 g/mol. The molecule has 0 radical (unpaired) electrons. The molecule has 2 atom stereocenters. The Kier molecular flexibility index (Phi) is 5.24. The van der Waals surface area contributed by atoms with Crippen LogP contribution in [0.5, 0.6) is 0 Å². The van der Waals surface area contributed by atoms with E-state index in [9.17, 15) is 4.79 Å². The summed E-state index contributed by atoms with van der Waals surface area (Å²) in [7, 11) is 0. The van der Waals surface area contributed by atoms with Gasteiger partial charge in [-0.25, -0.2) is 0 Å². The lowest BCUT2D eigenvalue weighted by Crippen LogP contribution is -2.31. The van der Waals surface area contributed by atoms with E-state index in [4.69, 9.17) is 4.74 Å². The lowest BCUT2D eigenvalue weighted by molar-refractivity contribution is -0.116. The number of hydrogen-bond donors (Lipinski definition) is 1. The zero-order chi connectivity index (χ0) is 12.8. The van der Waals surface area contributed by atoms with Gasteiger partial charge >= 0.3 is 0 Å². The van der Waals surface area contributed by atoms with Crippen molar-refractivity contribution in [1.82, 2.24) is 5.32 Å². The lowest BCUT2D eigenvalue weighted by atomic mass is 10.0. The summed E-state index contributed by atoms with van der Waals surface area (Å²) in [5.41, 5.74) is 0. The van der Waals surface area contributed by atoms with Crippen molar-refractivity contribution in [2.24, 2.45) is 17.8 Å². The Hall–Kier alpha value is -0.830. The molecule has 1 amide bonds. The highest BCUT2D eigenvalue weighted by atomic mass is 16.5. The second kappa shape index (κ2) is 6.93. The van der Waals surface area contributed by atoms with E-state index >= 15 is 0 Å². The van der Waals surface area contributed by atoms with Crippen LogP contribution in [0.2, 0.25) is 0 Å². The van der Waals surface area contributed by atoms with E-state index in [0.29, 0.717) is 11.8 Å². The largest absolute Gasteiger partial charge is 0.381 e. The third-order valence-corrected chi connectivity index (χ3v) is 4.04. The Morgan fingerprint density at radius 3 is 2.89 bits per heavy atom. The fourth-order valence-corrected chi connectivity index (χ4v) is 2.67. The fraction of sp³-hybridized carbons (Fsp3) is 0.800. The normalized spacial score (nSPS) is 28.5. The number of amides is 1. The molecule has 0 bridgehead atoms. The van der Waals surface area contributed by atoms with Gasteiger partial charge in [0.1, 0.15) is 0 Å². The summed E-state index contributed by atoms with van der Waals surface area (Å²) in [4.78, 5) is 11.7. The van der Waals surface area contributed by atoms with Gasteiger partial charge in [-0.1, -0.05) is 25.8 Å². The van der Waals surface area contributed by atoms with Crippen LogP contribution in [0.25, 0.3) is 0 Å². The zero-order valence-electron chi connectivity index (χ0n) is 11.4. The molecule has 1 heterocycles. The molecule has 102 valence electrons. The summed E-state index contributed by atoms with van der Waals surface area (Å²) in [5.74, 6) is 2.18. The average Bonchev–Trinajstić information content (AvgIpc) is 3.14. The Morgan fingerprint density at radius 2 is 2.17 bits per heavy atom. The average molecular weight is 251 g/mol. The Morgan fingerprint density at radius 1 is 1.39 bits per heavy atom. The molecule has 0 spiro atoms. The topological polar surface area (TPSA) is 38.3 Å². The van der Waals surface area contributed by atoms with Gasteiger partial charge in [-0.05, 0) is 43.1 Å². The van der Waals surface area contributed by atoms with Gasteiger partial charge in [0.15, 0.2) is 0 Å². The molecule has 2 aliphatic rings. The summed E-state index contributed by atoms with van der Waals surface area (Å²) < 4.78 is 5.30. The van der Waals surface area contributed by atoms with Crippen LogP contribution in [0.15, 0.2) is 12.2 Å². The van der Waals surface area contributed by atoms with Gasteiger partial charge in [0.2, 0.25) is 5.91 Å². The van der Waals surface area contributed by atoms with Crippen LogP contribution in [0.4, 0.5) is 0 Å². The van der Waals surface area contributed by atoms with E-state index in [1.807, 2.05) is 0 Å². The molecule has 3 heteroatoms. The van der Waals surface area contributed by atoms with Crippen molar-refractivity contribution in [2.75, 3.05) is 19.8 Å². The Balaban J connectivity index is 1.59. The first-order chi connectivity index (χ1) is 8.79. The van der Waals surface area contributed by atoms with Gasteiger partial charge in [0.05, 0.1) is 0 Å². The predicted octanol–water partition coefficient (Wildman–Crippen LogP) is 2.52. The van der Waals surface area contributed by atoms with E-state index in [2.05, 4.69) is 18.3 Å². The fourth-order valence-electron chi connectivity index (χ4n) is 2.67. The second-order valence-corrected chi connectivity index (χ2v) is 5.61. The van der Waals surface area contributed by atoms with E-state index in [1.165, 1.54) is 19.3 Å². The first-order valence-electron chi connectivity index (χ1n) is 7.33. The number of nitrogens with one attached hydrogen (secondary N) is 1. The summed E-state index contributed by atoms with van der Waals surface area (Å²) in [6.45, 7) is 4.71. The summed E-state index contributed by atoms with van der Waals surface area (Å²) in [6.07, 6.45) is 9.82. The predicted molar refractivity (Wildman–Crippen MR) is 72.2 cm³/mol. The highest BCUT2D eigenvalue weighted by Crippen LogP contribution is 2.42. The smallest absolute Gasteiger partial charge is 0.243 e. The van der Waals surface area contributed by atoms with Gasteiger partial charge in [0, 0.05) is 19.8 Å². The van der Waals surface area contributed by atoms with E-state index < -0.39 is 0 Å². The Labute approximate surface area is 110 Å². The van der Waals surface area contributed by atoms with Gasteiger partial charge in [0.25, 0.3) is 0 Å². The summed E-state index contributed by atoms with van der Waals surface area (Å²) >= 11 is 0. The third kappa shape index (κ3) is 4.45. The van der Waals surface area contributed by atoms with Crippen LogP contribution in [0.3, 0.4) is 0 Å². The van der Waals surface area contributed by atoms with Crippen molar-refractivity contribution in [3.8, 4) is 0 Å². The molecule has 2 rings (SSSR count). The standard InChI is InChI=1S/C15H25NO2/c1-2-3-13-10-14(13)4-5-15(17)16-11-12-6-8-18-9-7-12/h4-5,12-14H,2-3,6-11H2,1H3,(H,16,17)/b5-4+. The first kappa shape index (κ1) is 13.6. The van der Waals surface area contributed by atoms with Crippen molar-refractivity contribution in [3.63, 3.8) is 0 Å². The maximum absolute atomic E-state index is 11.7. The number of rotatable bonds is 6. The van der Waals surface area contributed by atoms with Crippen LogP contribution in [0, 0.1) is 17.8 Å². The lowest BCUT2D eigenvalue weighted by Gasteiger charge is -2.21. The molecule has 18 heavy (non-hydrogen) atoms. The zero-order valence-corrected chi connectivity index (χ0v) is 11.4. The molecule has 1 saturated carbocycles. The van der Waals surface area contributed by atoms with Gasteiger partial charge in [-0.3, -0.25) is 4.79 Å². The molecule has 2 fully saturated rings. The highest BCUT2D eigenvalue weighted by molar-refractivity contribution is 5.87. The third-order valence-electron chi connectivity index (χ3n) is 4.04. The van der Waals surface area contributed by atoms with Crippen molar-refractivity contribution in [1.29, 1.82) is 0 Å². The second-order valence-electron chi connectivity index (χ2n) is 5.61.